The zero-order valence-corrected chi connectivity index (χ0v) is 14.2. The van der Waals surface area contributed by atoms with Crippen molar-refractivity contribution in [2.45, 2.75) is 12.6 Å². The molecule has 1 nitrogen and oxygen atoms in total. The van der Waals surface area contributed by atoms with Crippen molar-refractivity contribution in [3.63, 3.8) is 0 Å². The van der Waals surface area contributed by atoms with Crippen molar-refractivity contribution in [2.75, 3.05) is 0 Å². The minimum absolute atomic E-state index is 0.0466. The van der Waals surface area contributed by atoms with E-state index >= 15 is 0 Å². The van der Waals surface area contributed by atoms with E-state index in [0.717, 1.165) is 6.29 Å². The van der Waals surface area contributed by atoms with E-state index in [4.69, 9.17) is 0 Å². The summed E-state index contributed by atoms with van der Waals surface area (Å²) in [6.07, 6.45) is 1.12. The van der Waals surface area contributed by atoms with Gasteiger partial charge >= 0.3 is 138 Å². The van der Waals surface area contributed by atoms with Crippen LogP contribution in [0.2, 0.25) is 0 Å². The Morgan fingerprint density at radius 1 is 0.652 bits per heavy atom. The normalized spacial score (nSPS) is 13.3. The van der Waals surface area contributed by atoms with E-state index in [0.29, 0.717) is 0 Å². The van der Waals surface area contributed by atoms with Crippen molar-refractivity contribution in [2.24, 2.45) is 0 Å². The molecule has 1 unspecified atom stereocenters. The van der Waals surface area contributed by atoms with E-state index in [1.54, 1.807) is 0 Å². The second-order valence-corrected chi connectivity index (χ2v) is 10.1. The Balaban J connectivity index is 2.38. The Kier molecular flexibility index (Phi) is 4.69. The second-order valence-electron chi connectivity index (χ2n) is 5.83. The molecule has 0 amide bonds. The van der Waals surface area contributed by atoms with Crippen molar-refractivity contribution < 1.29 is 4.79 Å². The van der Waals surface area contributed by atoms with Crippen LogP contribution >= 0.6 is 7.26 Å². The van der Waals surface area contributed by atoms with Gasteiger partial charge in [0.1, 0.15) is 0 Å². The molecule has 0 aliphatic carbocycles. The summed E-state index contributed by atoms with van der Waals surface area (Å²) in [5, 5.41) is 3.83. The summed E-state index contributed by atoms with van der Waals surface area (Å²) in [6, 6.07) is 31.6. The van der Waals surface area contributed by atoms with Crippen LogP contribution in [0.5, 0.6) is 0 Å². The van der Waals surface area contributed by atoms with Crippen molar-refractivity contribution >= 4 is 29.5 Å². The first kappa shape index (κ1) is 15.6. The second kappa shape index (κ2) is 6.89. The van der Waals surface area contributed by atoms with Crippen LogP contribution in [0.3, 0.4) is 0 Å². The van der Waals surface area contributed by atoms with Crippen LogP contribution in [-0.2, 0) is 4.79 Å². The standard InChI is InChI=1S/C21H21OP/c1-18(17-22)23(19-11-5-2-6-12-19,20-13-7-3-8-14-20)21-15-9-4-10-16-21/h2-18,23H,1H3. The molecular formula is C21H21OP. The van der Waals surface area contributed by atoms with E-state index in [1.165, 1.54) is 15.9 Å². The molecule has 0 aliphatic heterocycles. The maximum atomic E-state index is 11.9. The first-order valence-electron chi connectivity index (χ1n) is 7.92. The molecular weight excluding hydrogens is 299 g/mol. The van der Waals surface area contributed by atoms with Gasteiger partial charge in [0.15, 0.2) is 0 Å². The van der Waals surface area contributed by atoms with E-state index in [1.807, 2.05) is 18.2 Å². The minimum atomic E-state index is -2.40. The number of rotatable bonds is 5. The Morgan fingerprint density at radius 2 is 0.957 bits per heavy atom. The monoisotopic (exact) mass is 320 g/mol. The number of aldehydes is 1. The summed E-state index contributed by atoms with van der Waals surface area (Å²) in [5.74, 6) is 0. The molecule has 0 aromatic heterocycles. The van der Waals surface area contributed by atoms with Crippen molar-refractivity contribution in [1.82, 2.24) is 0 Å². The number of hydrogen-bond acceptors (Lipinski definition) is 1. The number of carbonyl (C=O) groups excluding carboxylic acids is 1. The zero-order chi connectivity index (χ0) is 16.1. The molecule has 0 radical (unpaired) electrons. The molecule has 3 aromatic carbocycles. The molecule has 0 N–H and O–H groups in total. The third kappa shape index (κ3) is 2.73. The Hall–Kier alpha value is -2.24. The molecule has 0 heterocycles. The van der Waals surface area contributed by atoms with Gasteiger partial charge in [0.25, 0.3) is 0 Å². The maximum absolute atomic E-state index is 11.9. The molecule has 0 spiro atoms. The third-order valence-corrected chi connectivity index (χ3v) is 9.81. The fraction of sp³-hybridized carbons (Fsp3) is 0.0952. The van der Waals surface area contributed by atoms with Gasteiger partial charge < -0.3 is 0 Å². The predicted octanol–water partition coefficient (Wildman–Crippen LogP) is 3.30. The molecule has 0 fully saturated rings. The Labute approximate surface area is 138 Å². The molecule has 23 heavy (non-hydrogen) atoms. The molecule has 0 saturated carbocycles. The molecule has 2 heteroatoms. The van der Waals surface area contributed by atoms with E-state index in [9.17, 15) is 4.79 Å². The van der Waals surface area contributed by atoms with E-state index in [-0.39, 0.29) is 5.66 Å². The quantitative estimate of drug-likeness (QED) is 0.521. The van der Waals surface area contributed by atoms with Crippen LogP contribution in [0.15, 0.2) is 91.0 Å². The Bertz CT molecular complexity index is 657. The third-order valence-electron chi connectivity index (χ3n) is 4.57. The molecule has 1 atom stereocenters. The van der Waals surface area contributed by atoms with Crippen LogP contribution < -0.4 is 15.9 Å². The fourth-order valence-electron chi connectivity index (χ4n) is 3.49. The van der Waals surface area contributed by atoms with Crippen LogP contribution in [0.4, 0.5) is 0 Å². The molecule has 0 aliphatic rings. The van der Waals surface area contributed by atoms with Crippen LogP contribution in [0, 0.1) is 0 Å². The van der Waals surface area contributed by atoms with Crippen molar-refractivity contribution in [3.05, 3.63) is 91.0 Å². The Morgan fingerprint density at radius 3 is 1.22 bits per heavy atom. The van der Waals surface area contributed by atoms with Gasteiger partial charge in [-0.05, 0) is 0 Å². The van der Waals surface area contributed by atoms with Crippen LogP contribution in [0.25, 0.3) is 0 Å². The van der Waals surface area contributed by atoms with E-state index < -0.39 is 7.26 Å². The van der Waals surface area contributed by atoms with Crippen LogP contribution in [0.1, 0.15) is 6.92 Å². The molecule has 116 valence electrons. The van der Waals surface area contributed by atoms with Crippen molar-refractivity contribution in [3.8, 4) is 0 Å². The average molecular weight is 320 g/mol. The first-order valence-corrected chi connectivity index (χ1v) is 9.99. The molecule has 3 rings (SSSR count). The topological polar surface area (TPSA) is 17.1 Å². The van der Waals surface area contributed by atoms with Gasteiger partial charge in [0, 0.05) is 0 Å². The van der Waals surface area contributed by atoms with E-state index in [2.05, 4.69) is 79.7 Å². The van der Waals surface area contributed by atoms with Gasteiger partial charge in [-0.15, -0.1) is 0 Å². The molecule has 3 aromatic rings. The van der Waals surface area contributed by atoms with Gasteiger partial charge in [0.05, 0.1) is 0 Å². The van der Waals surface area contributed by atoms with Gasteiger partial charge in [-0.1, -0.05) is 0 Å². The fourth-order valence-corrected chi connectivity index (χ4v) is 8.43. The average Bonchev–Trinajstić information content (AvgIpc) is 2.65. The van der Waals surface area contributed by atoms with Gasteiger partial charge in [-0.3, -0.25) is 0 Å². The summed E-state index contributed by atoms with van der Waals surface area (Å²) < 4.78 is 0. The first-order chi connectivity index (χ1) is 11.3. The predicted molar refractivity (Wildman–Crippen MR) is 102 cm³/mol. The SMILES string of the molecule is CC(C=O)[PH](c1ccccc1)(c1ccccc1)c1ccccc1. The summed E-state index contributed by atoms with van der Waals surface area (Å²) in [7, 11) is -2.40. The number of benzene rings is 3. The van der Waals surface area contributed by atoms with Crippen molar-refractivity contribution in [1.29, 1.82) is 0 Å². The van der Waals surface area contributed by atoms with Gasteiger partial charge in [-0.2, -0.15) is 0 Å². The summed E-state index contributed by atoms with van der Waals surface area (Å²) in [5.41, 5.74) is -0.0466. The summed E-state index contributed by atoms with van der Waals surface area (Å²) in [4.78, 5) is 11.9. The van der Waals surface area contributed by atoms with Gasteiger partial charge in [0.2, 0.25) is 0 Å². The number of carbonyl (C=O) groups is 1. The zero-order valence-electron chi connectivity index (χ0n) is 13.2. The summed E-state index contributed by atoms with van der Waals surface area (Å²) in [6.45, 7) is 2.06. The number of hydrogen-bond donors (Lipinski definition) is 0. The molecule has 0 bridgehead atoms. The van der Waals surface area contributed by atoms with Gasteiger partial charge in [-0.25, -0.2) is 0 Å². The molecule has 0 saturated heterocycles. The summed E-state index contributed by atoms with van der Waals surface area (Å²) >= 11 is 0. The van der Waals surface area contributed by atoms with Crippen LogP contribution in [-0.4, -0.2) is 11.9 Å².